The van der Waals surface area contributed by atoms with Crippen molar-refractivity contribution in [3.05, 3.63) is 35.9 Å². The van der Waals surface area contributed by atoms with Crippen LogP contribution in [0.3, 0.4) is 0 Å². The van der Waals surface area contributed by atoms with Crippen LogP contribution < -0.4 is 0 Å². The van der Waals surface area contributed by atoms with Gasteiger partial charge in [-0.05, 0) is 28.8 Å². The molecule has 1 aliphatic rings. The summed E-state index contributed by atoms with van der Waals surface area (Å²) in [6.07, 6.45) is 2.74. The summed E-state index contributed by atoms with van der Waals surface area (Å²) in [4.78, 5) is 0. The molecule has 0 N–H and O–H groups in total. The molecule has 19 heavy (non-hydrogen) atoms. The number of thioether (sulfide) groups is 1. The molecule has 0 radical (unpaired) electrons. The van der Waals surface area contributed by atoms with Crippen LogP contribution in [0, 0.1) is 11.3 Å². The fourth-order valence-electron chi connectivity index (χ4n) is 1.92. The van der Waals surface area contributed by atoms with Crippen molar-refractivity contribution in [1.29, 1.82) is 5.26 Å². The van der Waals surface area contributed by atoms with E-state index in [4.69, 9.17) is 5.26 Å². The summed E-state index contributed by atoms with van der Waals surface area (Å²) in [7, 11) is 0. The van der Waals surface area contributed by atoms with E-state index in [1.165, 1.54) is 0 Å². The van der Waals surface area contributed by atoms with Crippen molar-refractivity contribution in [2.24, 2.45) is 0 Å². The maximum Gasteiger partial charge on any atom is 0.210 e. The lowest BCUT2D eigenvalue weighted by atomic mass is 10.1. The summed E-state index contributed by atoms with van der Waals surface area (Å²) in [6.45, 7) is 0. The molecule has 0 aliphatic heterocycles. The number of hydrogen-bond donors (Lipinski definition) is 0. The molecule has 0 spiro atoms. The lowest BCUT2D eigenvalue weighted by Crippen LogP contribution is -2.01. The Labute approximate surface area is 115 Å². The van der Waals surface area contributed by atoms with Crippen molar-refractivity contribution in [2.45, 2.75) is 35.7 Å². The van der Waals surface area contributed by atoms with E-state index in [0.29, 0.717) is 12.5 Å². The van der Waals surface area contributed by atoms with E-state index in [0.717, 1.165) is 23.6 Å². The predicted octanol–water partition coefficient (Wildman–Crippen LogP) is 2.76. The monoisotopic (exact) mass is 271 g/mol. The maximum atomic E-state index is 9.00. The quantitative estimate of drug-likeness (QED) is 0.782. The Kier molecular flexibility index (Phi) is 3.47. The van der Waals surface area contributed by atoms with Crippen LogP contribution in [-0.4, -0.2) is 20.2 Å². The molecule has 3 rings (SSSR count). The van der Waals surface area contributed by atoms with E-state index in [1.54, 1.807) is 11.8 Å². The Hall–Kier alpha value is -1.87. The number of nitrogens with zero attached hydrogens (tertiary/aromatic N) is 5. The van der Waals surface area contributed by atoms with Gasteiger partial charge in [0.15, 0.2) is 0 Å². The van der Waals surface area contributed by atoms with Crippen LogP contribution in [0.25, 0.3) is 0 Å². The van der Waals surface area contributed by atoms with Gasteiger partial charge in [0.2, 0.25) is 5.16 Å². The maximum absolute atomic E-state index is 9.00. The Balaban J connectivity index is 1.81. The smallest absolute Gasteiger partial charge is 0.210 e. The zero-order chi connectivity index (χ0) is 13.1. The molecule has 1 aliphatic carbocycles. The minimum Gasteiger partial charge on any atom is -0.217 e. The number of hydrogen-bond acceptors (Lipinski definition) is 5. The van der Waals surface area contributed by atoms with Crippen LogP contribution in [0.2, 0.25) is 0 Å². The summed E-state index contributed by atoms with van der Waals surface area (Å²) in [6, 6.07) is 12.7. The van der Waals surface area contributed by atoms with Crippen LogP contribution >= 0.6 is 11.8 Å². The average Bonchev–Trinajstić information content (AvgIpc) is 3.19. The van der Waals surface area contributed by atoms with Crippen LogP contribution in [-0.2, 0) is 0 Å². The largest absolute Gasteiger partial charge is 0.217 e. The molecule has 2 aromatic rings. The lowest BCUT2D eigenvalue weighted by molar-refractivity contribution is 0.564. The fourth-order valence-corrected chi connectivity index (χ4v) is 3.00. The second-order valence-corrected chi connectivity index (χ2v) is 5.69. The number of nitriles is 1. The van der Waals surface area contributed by atoms with E-state index >= 15 is 0 Å². The Bertz CT molecular complexity index is 585. The summed E-state index contributed by atoms with van der Waals surface area (Å²) in [5.74, 6) is 0. The Morgan fingerprint density at radius 2 is 2.16 bits per heavy atom. The van der Waals surface area contributed by atoms with Crippen molar-refractivity contribution in [3.63, 3.8) is 0 Å². The van der Waals surface area contributed by atoms with Gasteiger partial charge < -0.3 is 0 Å². The van der Waals surface area contributed by atoms with E-state index in [9.17, 15) is 0 Å². The summed E-state index contributed by atoms with van der Waals surface area (Å²) < 4.78 is 1.89. The first-order valence-electron chi connectivity index (χ1n) is 6.25. The van der Waals surface area contributed by atoms with Gasteiger partial charge in [-0.3, -0.25) is 0 Å². The molecule has 0 amide bonds. The Morgan fingerprint density at radius 3 is 2.84 bits per heavy atom. The third-order valence-corrected chi connectivity index (χ3v) is 4.25. The van der Waals surface area contributed by atoms with Crippen LogP contribution in [0.5, 0.6) is 0 Å². The molecule has 1 aromatic heterocycles. The minimum atomic E-state index is 0.0784. The van der Waals surface area contributed by atoms with Gasteiger partial charge in [-0.1, -0.05) is 42.1 Å². The second kappa shape index (κ2) is 5.41. The lowest BCUT2D eigenvalue weighted by Gasteiger charge is -2.12. The number of rotatable bonds is 5. The van der Waals surface area contributed by atoms with Gasteiger partial charge in [0.25, 0.3) is 0 Å². The number of tetrazole rings is 1. The first-order chi connectivity index (χ1) is 9.38. The minimum absolute atomic E-state index is 0.0784. The molecule has 1 fully saturated rings. The topological polar surface area (TPSA) is 67.4 Å². The second-order valence-electron chi connectivity index (χ2n) is 4.52. The number of aromatic nitrogens is 4. The highest BCUT2D eigenvalue weighted by Crippen LogP contribution is 2.41. The zero-order valence-corrected chi connectivity index (χ0v) is 11.1. The molecule has 1 aromatic carbocycles. The van der Waals surface area contributed by atoms with Gasteiger partial charge in [0, 0.05) is 0 Å². The van der Waals surface area contributed by atoms with Crippen molar-refractivity contribution in [2.75, 3.05) is 0 Å². The van der Waals surface area contributed by atoms with Crippen LogP contribution in [0.15, 0.2) is 35.5 Å². The van der Waals surface area contributed by atoms with Gasteiger partial charge >= 0.3 is 0 Å². The molecule has 0 bridgehead atoms. The molecule has 6 heteroatoms. The normalized spacial score (nSPS) is 15.9. The first kappa shape index (κ1) is 12.2. The van der Waals surface area contributed by atoms with Crippen molar-refractivity contribution < 1.29 is 0 Å². The third kappa shape index (κ3) is 2.76. The van der Waals surface area contributed by atoms with Gasteiger partial charge in [0.1, 0.15) is 0 Å². The molecular weight excluding hydrogens is 258 g/mol. The van der Waals surface area contributed by atoms with Gasteiger partial charge in [-0.15, -0.1) is 5.10 Å². The molecule has 96 valence electrons. The van der Waals surface area contributed by atoms with E-state index in [2.05, 4.69) is 21.6 Å². The molecule has 5 nitrogen and oxygen atoms in total. The summed E-state index contributed by atoms with van der Waals surface area (Å²) in [5, 5.41) is 21.8. The highest BCUT2D eigenvalue weighted by Gasteiger charge is 2.29. The van der Waals surface area contributed by atoms with Crippen molar-refractivity contribution in [3.8, 4) is 6.07 Å². The SMILES string of the molecule is N#CCC(Sc1nnnn1C1CC1)c1ccccc1. The van der Waals surface area contributed by atoms with Crippen molar-refractivity contribution >= 4 is 11.8 Å². The van der Waals surface area contributed by atoms with E-state index < -0.39 is 0 Å². The molecule has 1 saturated carbocycles. The van der Waals surface area contributed by atoms with E-state index in [1.807, 2.05) is 35.0 Å². The third-order valence-electron chi connectivity index (χ3n) is 3.05. The first-order valence-corrected chi connectivity index (χ1v) is 7.13. The highest BCUT2D eigenvalue weighted by atomic mass is 32.2. The molecule has 0 saturated heterocycles. The Morgan fingerprint density at radius 1 is 1.37 bits per heavy atom. The predicted molar refractivity (Wildman–Crippen MR) is 71.4 cm³/mol. The number of benzene rings is 1. The van der Waals surface area contributed by atoms with Gasteiger partial charge in [-0.25, -0.2) is 4.68 Å². The summed E-state index contributed by atoms with van der Waals surface area (Å²) in [5.41, 5.74) is 1.14. The van der Waals surface area contributed by atoms with Crippen LogP contribution in [0.4, 0.5) is 0 Å². The highest BCUT2D eigenvalue weighted by molar-refractivity contribution is 7.99. The molecular formula is C13H13N5S. The standard InChI is InChI=1S/C13H13N5S/c14-9-8-12(10-4-2-1-3-5-10)19-13-15-16-17-18(13)11-6-7-11/h1-5,11-12H,6-8H2. The molecule has 1 heterocycles. The van der Waals surface area contributed by atoms with Gasteiger partial charge in [-0.2, -0.15) is 5.26 Å². The fraction of sp³-hybridized carbons (Fsp3) is 0.385. The van der Waals surface area contributed by atoms with Crippen molar-refractivity contribution in [1.82, 2.24) is 20.2 Å². The van der Waals surface area contributed by atoms with E-state index in [-0.39, 0.29) is 5.25 Å². The molecule has 1 unspecified atom stereocenters. The summed E-state index contributed by atoms with van der Waals surface area (Å²) >= 11 is 1.57. The molecule has 1 atom stereocenters. The van der Waals surface area contributed by atoms with Gasteiger partial charge in [0.05, 0.1) is 23.8 Å². The van der Waals surface area contributed by atoms with Crippen LogP contribution in [0.1, 0.15) is 36.1 Å². The zero-order valence-electron chi connectivity index (χ0n) is 10.3. The average molecular weight is 271 g/mol.